The summed E-state index contributed by atoms with van der Waals surface area (Å²) >= 11 is 0. The van der Waals surface area contributed by atoms with Crippen molar-refractivity contribution in [3.05, 3.63) is 58.3 Å². The van der Waals surface area contributed by atoms with E-state index in [1.807, 2.05) is 6.07 Å². The van der Waals surface area contributed by atoms with Gasteiger partial charge in [-0.15, -0.1) is 0 Å². The molecule has 0 saturated carbocycles. The standard InChI is InChI=1S/C25H26N4O3/c1-17-19(3-4-20-21(17)16-32-23(20)30)6-10-28-11-7-25(8-12-28)9-13-29(24(25)31)22-5-2-18(14-26)15-27-22/h2-5,15H,6-13,16H2,1H3. The predicted molar refractivity (Wildman–Crippen MR) is 118 cm³/mol. The van der Waals surface area contributed by atoms with Crippen molar-refractivity contribution in [2.24, 2.45) is 5.41 Å². The number of cyclic esters (lactones) is 1. The number of rotatable bonds is 4. The average Bonchev–Trinajstić information content (AvgIpc) is 3.35. The lowest BCUT2D eigenvalue weighted by Gasteiger charge is -2.38. The Kier molecular flexibility index (Phi) is 5.18. The predicted octanol–water partition coefficient (Wildman–Crippen LogP) is 2.99. The molecule has 2 aromatic rings. The SMILES string of the molecule is Cc1c(CCN2CCC3(CC2)CCN(c2ccc(C#N)cn2)C3=O)ccc2c1COC2=O. The van der Waals surface area contributed by atoms with Gasteiger partial charge in [-0.3, -0.25) is 9.69 Å². The third kappa shape index (κ3) is 3.45. The van der Waals surface area contributed by atoms with Crippen LogP contribution in [0.5, 0.6) is 0 Å². The van der Waals surface area contributed by atoms with Crippen LogP contribution < -0.4 is 4.90 Å². The number of amides is 1. The summed E-state index contributed by atoms with van der Waals surface area (Å²) in [6, 6.07) is 9.49. The lowest BCUT2D eigenvalue weighted by Crippen LogP contribution is -2.45. The van der Waals surface area contributed by atoms with Crippen LogP contribution in [0.2, 0.25) is 0 Å². The molecule has 1 spiro atoms. The van der Waals surface area contributed by atoms with E-state index < -0.39 is 0 Å². The van der Waals surface area contributed by atoms with E-state index in [2.05, 4.69) is 28.9 Å². The number of hydrogen-bond donors (Lipinski definition) is 0. The molecule has 1 aromatic carbocycles. The van der Waals surface area contributed by atoms with Crippen molar-refractivity contribution in [2.45, 2.75) is 39.2 Å². The molecule has 0 aliphatic carbocycles. The normalized spacial score (nSPS) is 19.8. The maximum absolute atomic E-state index is 13.3. The molecule has 2 fully saturated rings. The fourth-order valence-corrected chi connectivity index (χ4v) is 5.27. The number of esters is 1. The number of anilines is 1. The highest BCUT2D eigenvalue weighted by molar-refractivity contribution is 5.99. The number of ether oxygens (including phenoxy) is 1. The van der Waals surface area contributed by atoms with Crippen LogP contribution in [0.25, 0.3) is 0 Å². The molecule has 7 heteroatoms. The first-order chi connectivity index (χ1) is 15.5. The second-order valence-electron chi connectivity index (χ2n) is 9.05. The smallest absolute Gasteiger partial charge is 0.338 e. The molecule has 32 heavy (non-hydrogen) atoms. The molecule has 3 aliphatic heterocycles. The highest BCUT2D eigenvalue weighted by atomic mass is 16.5. The lowest BCUT2D eigenvalue weighted by molar-refractivity contribution is -0.128. The van der Waals surface area contributed by atoms with Crippen molar-refractivity contribution >= 4 is 17.7 Å². The lowest BCUT2D eigenvalue weighted by atomic mass is 9.77. The van der Waals surface area contributed by atoms with Crippen molar-refractivity contribution in [1.29, 1.82) is 5.26 Å². The van der Waals surface area contributed by atoms with Crippen molar-refractivity contribution in [3.63, 3.8) is 0 Å². The Labute approximate surface area is 187 Å². The van der Waals surface area contributed by atoms with Crippen LogP contribution in [-0.2, 0) is 22.6 Å². The highest BCUT2D eigenvalue weighted by Gasteiger charge is 2.48. The quantitative estimate of drug-likeness (QED) is 0.693. The third-order valence-corrected chi connectivity index (χ3v) is 7.46. The number of piperidine rings is 1. The minimum absolute atomic E-state index is 0.175. The largest absolute Gasteiger partial charge is 0.457 e. The Morgan fingerprint density at radius 2 is 1.91 bits per heavy atom. The van der Waals surface area contributed by atoms with Crippen LogP contribution in [0.1, 0.15) is 51.9 Å². The fourth-order valence-electron chi connectivity index (χ4n) is 5.27. The van der Waals surface area contributed by atoms with E-state index in [1.54, 1.807) is 17.0 Å². The zero-order valence-corrected chi connectivity index (χ0v) is 18.3. The van der Waals surface area contributed by atoms with Gasteiger partial charge in [0.2, 0.25) is 5.91 Å². The Morgan fingerprint density at radius 1 is 1.12 bits per heavy atom. The zero-order valence-electron chi connectivity index (χ0n) is 18.3. The minimum atomic E-state index is -0.284. The van der Waals surface area contributed by atoms with Gasteiger partial charge in [0, 0.05) is 24.8 Å². The van der Waals surface area contributed by atoms with Crippen LogP contribution >= 0.6 is 0 Å². The van der Waals surface area contributed by atoms with Gasteiger partial charge in [-0.1, -0.05) is 6.07 Å². The molecular weight excluding hydrogens is 404 g/mol. The van der Waals surface area contributed by atoms with Gasteiger partial charge in [0.25, 0.3) is 0 Å². The molecule has 0 atom stereocenters. The summed E-state index contributed by atoms with van der Waals surface area (Å²) < 4.78 is 5.17. The van der Waals surface area contributed by atoms with Crippen molar-refractivity contribution in [1.82, 2.24) is 9.88 Å². The molecule has 2 saturated heterocycles. The summed E-state index contributed by atoms with van der Waals surface area (Å²) in [7, 11) is 0. The molecule has 0 unspecified atom stereocenters. The number of aromatic nitrogens is 1. The number of pyridine rings is 1. The van der Waals surface area contributed by atoms with Gasteiger partial charge in [0.1, 0.15) is 18.5 Å². The van der Waals surface area contributed by atoms with Crippen LogP contribution in [0.3, 0.4) is 0 Å². The Bertz CT molecular complexity index is 1110. The second kappa shape index (κ2) is 8.03. The summed E-state index contributed by atoms with van der Waals surface area (Å²) in [5.74, 6) is 0.596. The molecule has 4 heterocycles. The average molecular weight is 431 g/mol. The van der Waals surface area contributed by atoms with Gasteiger partial charge < -0.3 is 9.64 Å². The maximum atomic E-state index is 13.3. The van der Waals surface area contributed by atoms with E-state index in [9.17, 15) is 9.59 Å². The summed E-state index contributed by atoms with van der Waals surface area (Å²) in [5, 5.41) is 8.96. The van der Waals surface area contributed by atoms with Gasteiger partial charge >= 0.3 is 5.97 Å². The summed E-state index contributed by atoms with van der Waals surface area (Å²) in [4.78, 5) is 33.6. The molecule has 3 aliphatic rings. The van der Waals surface area contributed by atoms with Crippen LogP contribution in [0, 0.1) is 23.7 Å². The number of carbonyl (C=O) groups is 2. The van der Waals surface area contributed by atoms with Crippen molar-refractivity contribution in [2.75, 3.05) is 31.1 Å². The topological polar surface area (TPSA) is 86.5 Å². The molecule has 1 amide bonds. The van der Waals surface area contributed by atoms with E-state index in [-0.39, 0.29) is 17.3 Å². The summed E-state index contributed by atoms with van der Waals surface area (Å²) in [6.07, 6.45) is 5.04. The second-order valence-corrected chi connectivity index (χ2v) is 9.05. The van der Waals surface area contributed by atoms with Gasteiger partial charge in [-0.2, -0.15) is 5.26 Å². The van der Waals surface area contributed by atoms with Gasteiger partial charge in [-0.05, 0) is 75.0 Å². The number of nitrogens with zero attached hydrogens (tertiary/aromatic N) is 4. The highest BCUT2D eigenvalue weighted by Crippen LogP contribution is 2.42. The third-order valence-electron chi connectivity index (χ3n) is 7.46. The van der Waals surface area contributed by atoms with Gasteiger partial charge in [-0.25, -0.2) is 9.78 Å². The number of likely N-dealkylation sites (tertiary alicyclic amines) is 1. The number of hydrogen-bond acceptors (Lipinski definition) is 6. The van der Waals surface area contributed by atoms with Crippen LogP contribution in [0.4, 0.5) is 5.82 Å². The number of benzene rings is 1. The van der Waals surface area contributed by atoms with Crippen LogP contribution in [-0.4, -0.2) is 47.9 Å². The van der Waals surface area contributed by atoms with Crippen molar-refractivity contribution < 1.29 is 14.3 Å². The molecule has 5 rings (SSSR count). The molecule has 0 radical (unpaired) electrons. The number of nitriles is 1. The van der Waals surface area contributed by atoms with E-state index >= 15 is 0 Å². The fraction of sp³-hybridized carbons (Fsp3) is 0.440. The maximum Gasteiger partial charge on any atom is 0.338 e. The van der Waals surface area contributed by atoms with Crippen molar-refractivity contribution in [3.8, 4) is 6.07 Å². The number of carbonyl (C=O) groups excluding carboxylic acids is 2. The Hall–Kier alpha value is -3.24. The van der Waals surface area contributed by atoms with E-state index in [0.29, 0.717) is 30.1 Å². The van der Waals surface area contributed by atoms with E-state index in [4.69, 9.17) is 10.00 Å². The monoisotopic (exact) mass is 430 g/mol. The molecule has 0 N–H and O–H groups in total. The molecule has 164 valence electrons. The first kappa shape index (κ1) is 20.7. The molecule has 0 bridgehead atoms. The molecule has 1 aromatic heterocycles. The summed E-state index contributed by atoms with van der Waals surface area (Å²) in [5.41, 5.74) is 4.37. The van der Waals surface area contributed by atoms with Gasteiger partial charge in [0.05, 0.1) is 16.5 Å². The molecular formula is C25H26N4O3. The number of fused-ring (bicyclic) bond motifs is 1. The van der Waals surface area contributed by atoms with E-state index in [0.717, 1.165) is 50.9 Å². The van der Waals surface area contributed by atoms with E-state index in [1.165, 1.54) is 17.3 Å². The first-order valence-corrected chi connectivity index (χ1v) is 11.2. The Balaban J connectivity index is 1.19. The summed E-state index contributed by atoms with van der Waals surface area (Å²) in [6.45, 7) is 5.90. The zero-order chi connectivity index (χ0) is 22.3. The van der Waals surface area contributed by atoms with Gasteiger partial charge in [0.15, 0.2) is 0 Å². The first-order valence-electron chi connectivity index (χ1n) is 11.2. The van der Waals surface area contributed by atoms with Crippen LogP contribution in [0.15, 0.2) is 30.5 Å². The minimum Gasteiger partial charge on any atom is -0.457 e. The molecule has 7 nitrogen and oxygen atoms in total. The Morgan fingerprint density at radius 3 is 2.62 bits per heavy atom.